The molecule has 3 aromatic carbocycles. The van der Waals surface area contributed by atoms with Gasteiger partial charge >= 0.3 is 0 Å². The standard InChI is InChI=1S/C24H19N3O2S/c28-22(27-24-25-14-15-30-24)18-10-12-20(13-11-18)26-23(29)21-9-5-4-8-19(21)16-17-6-2-1-3-7-17/h1-15H,16H2,(H,26,29)(H,25,27,28). The Kier molecular flexibility index (Phi) is 5.96. The normalized spacial score (nSPS) is 10.4. The van der Waals surface area contributed by atoms with Gasteiger partial charge in [0.25, 0.3) is 11.8 Å². The van der Waals surface area contributed by atoms with Gasteiger partial charge in [-0.3, -0.25) is 14.9 Å². The summed E-state index contributed by atoms with van der Waals surface area (Å²) in [6.07, 6.45) is 2.31. The Labute approximate surface area is 178 Å². The number of amides is 2. The number of nitrogens with zero attached hydrogens (tertiary/aromatic N) is 1. The van der Waals surface area contributed by atoms with Gasteiger partial charge in [-0.2, -0.15) is 0 Å². The topological polar surface area (TPSA) is 71.1 Å². The first-order valence-corrected chi connectivity index (χ1v) is 10.3. The Morgan fingerprint density at radius 2 is 1.53 bits per heavy atom. The molecule has 0 radical (unpaired) electrons. The highest BCUT2D eigenvalue weighted by atomic mass is 32.1. The molecule has 0 aliphatic heterocycles. The van der Waals surface area contributed by atoms with Gasteiger partial charge in [-0.1, -0.05) is 48.5 Å². The van der Waals surface area contributed by atoms with Gasteiger partial charge in [-0.15, -0.1) is 11.3 Å². The molecule has 0 saturated heterocycles. The van der Waals surface area contributed by atoms with Crippen LogP contribution in [0.2, 0.25) is 0 Å². The summed E-state index contributed by atoms with van der Waals surface area (Å²) in [6, 6.07) is 24.4. The van der Waals surface area contributed by atoms with Crippen LogP contribution in [-0.2, 0) is 6.42 Å². The minimum absolute atomic E-state index is 0.179. The van der Waals surface area contributed by atoms with Crippen LogP contribution in [0, 0.1) is 0 Å². The molecular formula is C24H19N3O2S. The summed E-state index contributed by atoms with van der Waals surface area (Å²) in [6.45, 7) is 0. The van der Waals surface area contributed by atoms with Crippen molar-refractivity contribution in [2.75, 3.05) is 10.6 Å². The van der Waals surface area contributed by atoms with E-state index < -0.39 is 0 Å². The molecule has 0 unspecified atom stereocenters. The molecule has 2 amide bonds. The fourth-order valence-corrected chi connectivity index (χ4v) is 3.59. The van der Waals surface area contributed by atoms with Gasteiger partial charge in [-0.05, 0) is 47.9 Å². The third-order valence-electron chi connectivity index (χ3n) is 4.56. The quantitative estimate of drug-likeness (QED) is 0.454. The van der Waals surface area contributed by atoms with Gasteiger partial charge < -0.3 is 5.32 Å². The zero-order valence-electron chi connectivity index (χ0n) is 16.0. The molecule has 1 heterocycles. The zero-order chi connectivity index (χ0) is 20.8. The van der Waals surface area contributed by atoms with Crippen molar-refractivity contribution in [1.29, 1.82) is 0 Å². The molecule has 30 heavy (non-hydrogen) atoms. The van der Waals surface area contributed by atoms with E-state index in [1.165, 1.54) is 11.3 Å². The lowest BCUT2D eigenvalue weighted by molar-refractivity contribution is 0.101. The van der Waals surface area contributed by atoms with Crippen LogP contribution in [0.4, 0.5) is 10.8 Å². The highest BCUT2D eigenvalue weighted by Gasteiger charge is 2.13. The van der Waals surface area contributed by atoms with Crippen molar-refractivity contribution in [3.05, 3.63) is 113 Å². The van der Waals surface area contributed by atoms with E-state index in [-0.39, 0.29) is 11.8 Å². The predicted molar refractivity (Wildman–Crippen MR) is 120 cm³/mol. The van der Waals surface area contributed by atoms with Crippen LogP contribution in [0.15, 0.2) is 90.4 Å². The van der Waals surface area contributed by atoms with E-state index in [1.807, 2.05) is 54.6 Å². The van der Waals surface area contributed by atoms with Crippen LogP contribution in [-0.4, -0.2) is 16.8 Å². The largest absolute Gasteiger partial charge is 0.322 e. The number of anilines is 2. The summed E-state index contributed by atoms with van der Waals surface area (Å²) in [5.74, 6) is -0.419. The molecule has 4 aromatic rings. The average molecular weight is 414 g/mol. The molecule has 0 aliphatic rings. The highest BCUT2D eigenvalue weighted by Crippen LogP contribution is 2.18. The summed E-state index contributed by atoms with van der Waals surface area (Å²) < 4.78 is 0. The number of benzene rings is 3. The highest BCUT2D eigenvalue weighted by molar-refractivity contribution is 7.13. The number of thiazole rings is 1. The second-order valence-electron chi connectivity index (χ2n) is 6.64. The zero-order valence-corrected chi connectivity index (χ0v) is 16.9. The van der Waals surface area contributed by atoms with Crippen molar-refractivity contribution in [2.45, 2.75) is 6.42 Å². The molecule has 0 fully saturated rings. The smallest absolute Gasteiger partial charge is 0.257 e. The van der Waals surface area contributed by atoms with Crippen molar-refractivity contribution in [3.63, 3.8) is 0 Å². The fourth-order valence-electron chi connectivity index (χ4n) is 3.07. The van der Waals surface area contributed by atoms with E-state index in [1.54, 1.807) is 35.8 Å². The average Bonchev–Trinajstić information content (AvgIpc) is 3.28. The van der Waals surface area contributed by atoms with E-state index in [0.717, 1.165) is 11.1 Å². The maximum atomic E-state index is 12.9. The molecular weight excluding hydrogens is 394 g/mol. The van der Waals surface area contributed by atoms with Crippen molar-refractivity contribution in [3.8, 4) is 0 Å². The number of rotatable bonds is 6. The monoisotopic (exact) mass is 413 g/mol. The molecule has 148 valence electrons. The van der Waals surface area contributed by atoms with Crippen LogP contribution in [0.3, 0.4) is 0 Å². The number of carbonyl (C=O) groups is 2. The van der Waals surface area contributed by atoms with Crippen molar-refractivity contribution < 1.29 is 9.59 Å². The molecule has 1 aromatic heterocycles. The number of hydrogen-bond donors (Lipinski definition) is 2. The summed E-state index contributed by atoms with van der Waals surface area (Å²) in [5, 5.41) is 8.00. The predicted octanol–water partition coefficient (Wildman–Crippen LogP) is 5.24. The Morgan fingerprint density at radius 3 is 2.27 bits per heavy atom. The van der Waals surface area contributed by atoms with Crippen molar-refractivity contribution in [2.24, 2.45) is 0 Å². The van der Waals surface area contributed by atoms with Gasteiger partial charge in [0.05, 0.1) is 0 Å². The third-order valence-corrected chi connectivity index (χ3v) is 5.25. The Morgan fingerprint density at radius 1 is 0.800 bits per heavy atom. The molecule has 0 spiro atoms. The first kappa shape index (κ1) is 19.5. The van der Waals surface area contributed by atoms with E-state index in [0.29, 0.717) is 28.4 Å². The molecule has 6 heteroatoms. The summed E-state index contributed by atoms with van der Waals surface area (Å²) in [4.78, 5) is 29.2. The molecule has 4 rings (SSSR count). The van der Waals surface area contributed by atoms with Gasteiger partial charge in [-0.25, -0.2) is 4.98 Å². The van der Waals surface area contributed by atoms with Gasteiger partial charge in [0, 0.05) is 28.4 Å². The van der Waals surface area contributed by atoms with E-state index in [2.05, 4.69) is 15.6 Å². The lowest BCUT2D eigenvalue weighted by Crippen LogP contribution is -2.15. The van der Waals surface area contributed by atoms with Gasteiger partial charge in [0.15, 0.2) is 5.13 Å². The van der Waals surface area contributed by atoms with Crippen LogP contribution >= 0.6 is 11.3 Å². The summed E-state index contributed by atoms with van der Waals surface area (Å²) in [7, 11) is 0. The van der Waals surface area contributed by atoms with Gasteiger partial charge in [0.1, 0.15) is 0 Å². The maximum absolute atomic E-state index is 12.9. The first-order chi connectivity index (χ1) is 14.7. The summed E-state index contributed by atoms with van der Waals surface area (Å²) in [5.41, 5.74) is 3.86. The van der Waals surface area contributed by atoms with Crippen LogP contribution in [0.1, 0.15) is 31.8 Å². The van der Waals surface area contributed by atoms with E-state index in [4.69, 9.17) is 0 Å². The van der Waals surface area contributed by atoms with Crippen LogP contribution < -0.4 is 10.6 Å². The molecule has 5 nitrogen and oxygen atoms in total. The second-order valence-corrected chi connectivity index (χ2v) is 7.54. The van der Waals surface area contributed by atoms with Crippen LogP contribution in [0.5, 0.6) is 0 Å². The lowest BCUT2D eigenvalue weighted by Gasteiger charge is -2.11. The maximum Gasteiger partial charge on any atom is 0.257 e. The fraction of sp³-hybridized carbons (Fsp3) is 0.0417. The minimum Gasteiger partial charge on any atom is -0.322 e. The first-order valence-electron chi connectivity index (χ1n) is 9.43. The number of aromatic nitrogens is 1. The van der Waals surface area contributed by atoms with Crippen molar-refractivity contribution >= 4 is 34.0 Å². The van der Waals surface area contributed by atoms with Crippen LogP contribution in [0.25, 0.3) is 0 Å². The molecule has 0 bridgehead atoms. The number of carbonyl (C=O) groups excluding carboxylic acids is 2. The molecule has 2 N–H and O–H groups in total. The third kappa shape index (κ3) is 4.79. The molecule has 0 atom stereocenters. The number of nitrogens with one attached hydrogen (secondary N) is 2. The van der Waals surface area contributed by atoms with E-state index in [9.17, 15) is 9.59 Å². The number of hydrogen-bond acceptors (Lipinski definition) is 4. The Hall–Kier alpha value is -3.77. The second kappa shape index (κ2) is 9.15. The lowest BCUT2D eigenvalue weighted by atomic mass is 9.99. The van der Waals surface area contributed by atoms with E-state index >= 15 is 0 Å². The van der Waals surface area contributed by atoms with Gasteiger partial charge in [0.2, 0.25) is 0 Å². The summed E-state index contributed by atoms with van der Waals surface area (Å²) >= 11 is 1.36. The Balaban J connectivity index is 1.45. The van der Waals surface area contributed by atoms with Crippen molar-refractivity contribution in [1.82, 2.24) is 4.98 Å². The molecule has 0 saturated carbocycles. The Bertz CT molecular complexity index is 1140. The molecule has 0 aliphatic carbocycles. The SMILES string of the molecule is O=C(Nc1nccs1)c1ccc(NC(=O)c2ccccc2Cc2ccccc2)cc1. The minimum atomic E-state index is -0.240.